The molecule has 0 fully saturated rings. The van der Waals surface area contributed by atoms with Gasteiger partial charge >= 0.3 is 52.1 Å². The molecule has 1 N–H and O–H groups in total. The van der Waals surface area contributed by atoms with Gasteiger partial charge in [0.25, 0.3) is 0 Å². The van der Waals surface area contributed by atoms with Crippen LogP contribution in [0.25, 0.3) is 0 Å². The SMILES string of the molecule is O=P([O-])([O-])[O-].[Al+3].[Al+3].[Al+3].[O-2].[OH-]. The van der Waals surface area contributed by atoms with E-state index in [9.17, 15) is 0 Å². The van der Waals surface area contributed by atoms with Crippen LogP contribution in [0.1, 0.15) is 0 Å². The molecule has 0 radical (unpaired) electrons. The second-order valence-corrected chi connectivity index (χ2v) is 1.34. The first-order valence-electron chi connectivity index (χ1n) is 0.730. The largest absolute Gasteiger partial charge is 3.00 e. The average molecular weight is 209 g/mol. The van der Waals surface area contributed by atoms with Gasteiger partial charge in [-0.25, -0.2) is 0 Å². The summed E-state index contributed by atoms with van der Waals surface area (Å²) in [5.41, 5.74) is 0. The fraction of sp³-hybridized carbons (Fsp3) is 0. The molecule has 0 rings (SSSR count). The van der Waals surface area contributed by atoms with Crippen molar-refractivity contribution in [3.63, 3.8) is 0 Å². The Kier molecular flexibility index (Phi) is 70.2. The van der Waals surface area contributed by atoms with Crippen LogP contribution in [-0.2, 0) is 10.0 Å². The predicted octanol–water partition coefficient (Wildman–Crippen LogP) is -4.26. The molecule has 0 saturated heterocycles. The molecular weight excluding hydrogens is 208 g/mol. The molecule has 0 aliphatic rings. The summed E-state index contributed by atoms with van der Waals surface area (Å²) in [5.74, 6) is 0. The zero-order valence-corrected chi connectivity index (χ0v) is 9.03. The van der Waals surface area contributed by atoms with Gasteiger partial charge in [-0.3, -0.25) is 0 Å². The Morgan fingerprint density at radius 3 is 0.900 bits per heavy atom. The Labute approximate surface area is 89.9 Å². The molecule has 48 valence electrons. The van der Waals surface area contributed by atoms with Gasteiger partial charge in [0.05, 0.1) is 0 Å². The first-order valence-corrected chi connectivity index (χ1v) is 2.19. The minimum absolute atomic E-state index is 0. The molecule has 0 aromatic heterocycles. The van der Waals surface area contributed by atoms with Gasteiger partial charge in [0.15, 0.2) is 0 Å². The average Bonchev–Trinajstić information content (AvgIpc) is 0.722. The molecule has 0 aromatic carbocycles. The van der Waals surface area contributed by atoms with E-state index in [1.165, 1.54) is 0 Å². The maximum atomic E-state index is 8.55. The summed E-state index contributed by atoms with van der Waals surface area (Å²) in [4.78, 5) is 25.6. The van der Waals surface area contributed by atoms with Crippen molar-refractivity contribution < 1.29 is 30.2 Å². The molecule has 0 heterocycles. The normalized spacial score (nSPS) is 5.90. The molecule has 0 saturated carbocycles. The van der Waals surface area contributed by atoms with Crippen LogP contribution < -0.4 is 14.7 Å². The Morgan fingerprint density at radius 1 is 0.900 bits per heavy atom. The third-order valence-corrected chi connectivity index (χ3v) is 0. The van der Waals surface area contributed by atoms with E-state index in [0.717, 1.165) is 0 Å². The topological polar surface area (TPSA) is 145 Å². The van der Waals surface area contributed by atoms with Gasteiger partial charge < -0.3 is 30.2 Å². The van der Waals surface area contributed by atoms with E-state index < -0.39 is 7.82 Å². The van der Waals surface area contributed by atoms with E-state index in [-0.39, 0.29) is 63.0 Å². The van der Waals surface area contributed by atoms with E-state index in [2.05, 4.69) is 0 Å². The van der Waals surface area contributed by atoms with Crippen molar-refractivity contribution in [2.24, 2.45) is 0 Å². The smallest absolute Gasteiger partial charge is 2.00 e. The second-order valence-electron chi connectivity index (χ2n) is 0.447. The molecule has 10 heavy (non-hydrogen) atoms. The minimum Gasteiger partial charge on any atom is -2.00 e. The summed E-state index contributed by atoms with van der Waals surface area (Å²) in [5, 5.41) is 0. The van der Waals surface area contributed by atoms with Gasteiger partial charge in [0.2, 0.25) is 0 Å². The van der Waals surface area contributed by atoms with E-state index >= 15 is 0 Å². The summed E-state index contributed by atoms with van der Waals surface area (Å²) in [6, 6.07) is 0. The summed E-state index contributed by atoms with van der Waals surface area (Å²) in [6.45, 7) is 0. The molecule has 0 atom stereocenters. The number of hydrogen-bond donors (Lipinski definition) is 0. The van der Waals surface area contributed by atoms with Crippen LogP contribution in [0.5, 0.6) is 0 Å². The van der Waals surface area contributed by atoms with Crippen molar-refractivity contribution in [1.82, 2.24) is 0 Å². The maximum Gasteiger partial charge on any atom is 3.00 e. The van der Waals surface area contributed by atoms with Gasteiger partial charge in [0, 0.05) is 0 Å². The molecule has 6 nitrogen and oxygen atoms in total. The maximum absolute atomic E-state index is 8.55. The first kappa shape index (κ1) is 41.5. The summed E-state index contributed by atoms with van der Waals surface area (Å²) < 4.78 is 8.55. The van der Waals surface area contributed by atoms with Gasteiger partial charge in [0.1, 0.15) is 0 Å². The minimum atomic E-state index is -5.39. The summed E-state index contributed by atoms with van der Waals surface area (Å²) in [7, 11) is -5.39. The van der Waals surface area contributed by atoms with Crippen molar-refractivity contribution in [1.29, 1.82) is 0 Å². The van der Waals surface area contributed by atoms with Gasteiger partial charge in [-0.1, -0.05) is 0 Å². The standard InChI is InChI=1S/3Al.H3O4P.H2O.O/c;;;1-5(2,3)4;;/h;;;(H3,1,2,3,4);1H2;/q3*+3;;;-2/p-4. The quantitative estimate of drug-likeness (QED) is 0.292. The number of phosphoric acid groups is 1. The Balaban J connectivity index is -0.00000000800. The van der Waals surface area contributed by atoms with Crippen LogP contribution in [-0.4, -0.2) is 57.6 Å². The summed E-state index contributed by atoms with van der Waals surface area (Å²) in [6.07, 6.45) is 0. The molecular formula is HAl3O6P+3. The molecule has 0 aliphatic heterocycles. The monoisotopic (exact) mass is 209 g/mol. The zero-order chi connectivity index (χ0) is 4.50. The second kappa shape index (κ2) is 16.9. The fourth-order valence-corrected chi connectivity index (χ4v) is 0. The van der Waals surface area contributed by atoms with Crippen LogP contribution in [0.2, 0.25) is 0 Å². The van der Waals surface area contributed by atoms with Crippen molar-refractivity contribution in [3.8, 4) is 0 Å². The molecule has 0 unspecified atom stereocenters. The van der Waals surface area contributed by atoms with E-state index in [4.69, 9.17) is 19.2 Å². The summed E-state index contributed by atoms with van der Waals surface area (Å²) >= 11 is 0. The Bertz CT molecular complexity index is 59.1. The van der Waals surface area contributed by atoms with E-state index in [1.807, 2.05) is 0 Å². The fourth-order valence-electron chi connectivity index (χ4n) is 0. The Morgan fingerprint density at radius 2 is 0.900 bits per heavy atom. The van der Waals surface area contributed by atoms with Gasteiger partial charge in [-0.05, 0) is 0 Å². The van der Waals surface area contributed by atoms with Crippen LogP contribution in [0.3, 0.4) is 0 Å². The van der Waals surface area contributed by atoms with Crippen molar-refractivity contribution >= 4 is 59.9 Å². The number of hydrogen-bond acceptors (Lipinski definition) is 5. The van der Waals surface area contributed by atoms with Crippen LogP contribution in [0.4, 0.5) is 0 Å². The first-order chi connectivity index (χ1) is 2.00. The molecule has 0 spiro atoms. The van der Waals surface area contributed by atoms with E-state index in [1.54, 1.807) is 0 Å². The Hall–Kier alpha value is 1.63. The third-order valence-electron chi connectivity index (χ3n) is 0. The predicted molar refractivity (Wildman–Crippen MR) is 27.5 cm³/mol. The van der Waals surface area contributed by atoms with Crippen LogP contribution >= 0.6 is 7.82 Å². The van der Waals surface area contributed by atoms with Crippen LogP contribution in [0, 0.1) is 0 Å². The molecule has 10 heteroatoms. The van der Waals surface area contributed by atoms with Crippen molar-refractivity contribution in [2.75, 3.05) is 0 Å². The number of rotatable bonds is 0. The van der Waals surface area contributed by atoms with Gasteiger partial charge in [-0.15, -0.1) is 0 Å². The molecule has 0 bridgehead atoms. The van der Waals surface area contributed by atoms with Crippen molar-refractivity contribution in [2.45, 2.75) is 0 Å². The van der Waals surface area contributed by atoms with E-state index in [0.29, 0.717) is 0 Å². The molecule has 0 amide bonds. The van der Waals surface area contributed by atoms with Crippen LogP contribution in [0.15, 0.2) is 0 Å². The zero-order valence-electron chi connectivity index (χ0n) is 4.67. The van der Waals surface area contributed by atoms with Gasteiger partial charge in [-0.2, -0.15) is 7.82 Å². The molecule has 0 aromatic rings. The molecule has 0 aliphatic carbocycles. The third kappa shape index (κ3) is 271. The van der Waals surface area contributed by atoms with Crippen molar-refractivity contribution in [3.05, 3.63) is 0 Å².